The van der Waals surface area contributed by atoms with E-state index < -0.39 is 5.97 Å². The first-order valence-corrected chi connectivity index (χ1v) is 7.00. The zero-order chi connectivity index (χ0) is 13.8. The molecular formula is C13H22N2O4. The molecule has 2 aliphatic heterocycles. The van der Waals surface area contributed by atoms with Crippen LogP contribution in [0.4, 0.5) is 4.79 Å². The summed E-state index contributed by atoms with van der Waals surface area (Å²) in [6, 6.07) is -0.105. The molecule has 0 aromatic rings. The van der Waals surface area contributed by atoms with Crippen LogP contribution in [0.5, 0.6) is 0 Å². The van der Waals surface area contributed by atoms with Gasteiger partial charge in [0.1, 0.15) is 0 Å². The smallest absolute Gasteiger partial charge is 0.320 e. The highest BCUT2D eigenvalue weighted by atomic mass is 16.4. The van der Waals surface area contributed by atoms with Crippen LogP contribution in [-0.4, -0.2) is 64.3 Å². The number of carboxylic acids is 1. The Bertz CT molecular complexity index is 348. The molecule has 2 N–H and O–H groups in total. The Labute approximate surface area is 113 Å². The van der Waals surface area contributed by atoms with E-state index in [9.17, 15) is 14.7 Å². The summed E-state index contributed by atoms with van der Waals surface area (Å²) in [5.74, 6) is -0.732. The minimum absolute atomic E-state index is 0.0120. The van der Waals surface area contributed by atoms with Crippen molar-refractivity contribution in [2.75, 3.05) is 26.2 Å². The molecule has 6 heteroatoms. The first-order chi connectivity index (χ1) is 9.11. The number of aliphatic hydroxyl groups excluding tert-OH is 1. The summed E-state index contributed by atoms with van der Waals surface area (Å²) in [6.45, 7) is 1.87. The number of nitrogens with zero attached hydrogens (tertiary/aromatic N) is 2. The van der Waals surface area contributed by atoms with Gasteiger partial charge in [0.2, 0.25) is 0 Å². The van der Waals surface area contributed by atoms with Crippen molar-refractivity contribution in [3.8, 4) is 0 Å². The second-order valence-corrected chi connectivity index (χ2v) is 5.51. The molecule has 2 heterocycles. The van der Waals surface area contributed by atoms with Crippen LogP contribution in [0.25, 0.3) is 0 Å². The van der Waals surface area contributed by atoms with Crippen LogP contribution in [-0.2, 0) is 4.79 Å². The molecule has 0 saturated carbocycles. The van der Waals surface area contributed by atoms with E-state index >= 15 is 0 Å². The molecule has 0 radical (unpaired) electrons. The summed E-state index contributed by atoms with van der Waals surface area (Å²) in [7, 11) is 0. The number of aliphatic hydroxyl groups is 1. The summed E-state index contributed by atoms with van der Waals surface area (Å²) in [5.41, 5.74) is 0. The number of carboxylic acid groups (broad SMARTS) is 1. The second-order valence-electron chi connectivity index (χ2n) is 5.51. The van der Waals surface area contributed by atoms with E-state index in [4.69, 9.17) is 5.11 Å². The zero-order valence-corrected chi connectivity index (χ0v) is 11.1. The van der Waals surface area contributed by atoms with Gasteiger partial charge in [-0.3, -0.25) is 4.79 Å². The maximum atomic E-state index is 12.4. The minimum Gasteiger partial charge on any atom is -0.481 e. The van der Waals surface area contributed by atoms with Crippen molar-refractivity contribution in [1.82, 2.24) is 9.80 Å². The number of hydrogen-bond donors (Lipinski definition) is 2. The molecule has 2 saturated heterocycles. The van der Waals surface area contributed by atoms with Crippen molar-refractivity contribution in [2.45, 2.75) is 38.1 Å². The van der Waals surface area contributed by atoms with E-state index in [1.807, 2.05) is 0 Å². The Morgan fingerprint density at radius 3 is 2.63 bits per heavy atom. The monoisotopic (exact) mass is 270 g/mol. The molecule has 108 valence electrons. The maximum Gasteiger partial charge on any atom is 0.320 e. The molecule has 0 aliphatic carbocycles. The molecular weight excluding hydrogens is 248 g/mol. The van der Waals surface area contributed by atoms with E-state index in [1.54, 1.807) is 9.80 Å². The highest BCUT2D eigenvalue weighted by Crippen LogP contribution is 2.24. The lowest BCUT2D eigenvalue weighted by Gasteiger charge is -2.37. The Morgan fingerprint density at radius 1 is 1.16 bits per heavy atom. The van der Waals surface area contributed by atoms with Gasteiger partial charge in [-0.05, 0) is 31.6 Å². The quantitative estimate of drug-likeness (QED) is 0.793. The molecule has 0 aromatic heterocycles. The van der Waals surface area contributed by atoms with Crippen molar-refractivity contribution in [1.29, 1.82) is 0 Å². The van der Waals surface area contributed by atoms with Crippen molar-refractivity contribution >= 4 is 12.0 Å². The number of piperidine rings is 1. The third kappa shape index (κ3) is 3.37. The normalized spacial score (nSPS) is 27.6. The van der Waals surface area contributed by atoms with Crippen molar-refractivity contribution in [3.63, 3.8) is 0 Å². The standard InChI is InChI=1S/C13H22N2O4/c16-9-11-3-1-2-5-15(11)13(19)14-6-4-10(8-14)7-12(17)18/h10-11,16H,1-9H2,(H,17,18). The Hall–Kier alpha value is -1.30. The van der Waals surface area contributed by atoms with E-state index in [2.05, 4.69) is 0 Å². The average molecular weight is 270 g/mol. The molecule has 6 nitrogen and oxygen atoms in total. The molecule has 2 fully saturated rings. The fourth-order valence-corrected chi connectivity index (χ4v) is 3.04. The lowest BCUT2D eigenvalue weighted by Crippen LogP contribution is -2.51. The fraction of sp³-hybridized carbons (Fsp3) is 0.846. The van der Waals surface area contributed by atoms with E-state index in [-0.39, 0.29) is 31.0 Å². The maximum absolute atomic E-state index is 12.4. The molecule has 2 aliphatic rings. The first kappa shape index (κ1) is 14.1. The predicted molar refractivity (Wildman–Crippen MR) is 68.8 cm³/mol. The molecule has 0 bridgehead atoms. The van der Waals surface area contributed by atoms with Crippen LogP contribution in [0.2, 0.25) is 0 Å². The van der Waals surface area contributed by atoms with Crippen molar-refractivity contribution in [2.24, 2.45) is 5.92 Å². The van der Waals surface area contributed by atoms with Crippen LogP contribution in [0, 0.1) is 5.92 Å². The fourth-order valence-electron chi connectivity index (χ4n) is 3.04. The third-order valence-electron chi connectivity index (χ3n) is 4.10. The van der Waals surface area contributed by atoms with Gasteiger partial charge in [-0.25, -0.2) is 4.79 Å². The Morgan fingerprint density at radius 2 is 1.95 bits per heavy atom. The summed E-state index contributed by atoms with van der Waals surface area (Å²) >= 11 is 0. The van der Waals surface area contributed by atoms with Crippen LogP contribution in [0.1, 0.15) is 32.1 Å². The topological polar surface area (TPSA) is 81.1 Å². The first-order valence-electron chi connectivity index (χ1n) is 7.00. The van der Waals surface area contributed by atoms with Gasteiger partial charge in [-0.15, -0.1) is 0 Å². The van der Waals surface area contributed by atoms with Gasteiger partial charge >= 0.3 is 12.0 Å². The molecule has 0 spiro atoms. The molecule has 2 unspecified atom stereocenters. The van der Waals surface area contributed by atoms with Gasteiger partial charge in [0.05, 0.1) is 12.6 Å². The molecule has 2 amide bonds. The van der Waals surface area contributed by atoms with Crippen LogP contribution in [0.15, 0.2) is 0 Å². The number of likely N-dealkylation sites (tertiary alicyclic amines) is 2. The van der Waals surface area contributed by atoms with Crippen molar-refractivity contribution < 1.29 is 19.8 Å². The van der Waals surface area contributed by atoms with Gasteiger partial charge in [-0.1, -0.05) is 0 Å². The number of rotatable bonds is 3. The number of amides is 2. The number of carbonyl (C=O) groups excluding carboxylic acids is 1. The SMILES string of the molecule is O=C(O)CC1CCN(C(=O)N2CCCCC2CO)C1. The highest BCUT2D eigenvalue weighted by Gasteiger charge is 2.34. The lowest BCUT2D eigenvalue weighted by atomic mass is 10.0. The molecule has 0 aromatic carbocycles. The molecule has 2 atom stereocenters. The Kier molecular flexibility index (Phi) is 4.63. The van der Waals surface area contributed by atoms with Crippen LogP contribution >= 0.6 is 0 Å². The third-order valence-corrected chi connectivity index (χ3v) is 4.10. The van der Waals surface area contributed by atoms with Gasteiger partial charge in [0.25, 0.3) is 0 Å². The predicted octanol–water partition coefficient (Wildman–Crippen LogP) is 0.750. The highest BCUT2D eigenvalue weighted by molar-refractivity contribution is 5.75. The van der Waals surface area contributed by atoms with Crippen LogP contribution in [0.3, 0.4) is 0 Å². The molecule has 2 rings (SSSR count). The van der Waals surface area contributed by atoms with Gasteiger partial charge in [-0.2, -0.15) is 0 Å². The minimum atomic E-state index is -0.800. The van der Waals surface area contributed by atoms with Gasteiger partial charge < -0.3 is 20.0 Å². The largest absolute Gasteiger partial charge is 0.481 e. The average Bonchev–Trinajstić information content (AvgIpc) is 2.85. The molecule has 19 heavy (non-hydrogen) atoms. The van der Waals surface area contributed by atoms with Crippen molar-refractivity contribution in [3.05, 3.63) is 0 Å². The summed E-state index contributed by atoms with van der Waals surface area (Å²) < 4.78 is 0. The Balaban J connectivity index is 1.91. The van der Waals surface area contributed by atoms with E-state index in [0.29, 0.717) is 19.6 Å². The number of aliphatic carboxylic acids is 1. The van der Waals surface area contributed by atoms with Crippen LogP contribution < -0.4 is 0 Å². The zero-order valence-electron chi connectivity index (χ0n) is 11.1. The van der Waals surface area contributed by atoms with Gasteiger partial charge in [0, 0.05) is 26.1 Å². The summed E-state index contributed by atoms with van der Waals surface area (Å²) in [4.78, 5) is 26.6. The number of hydrogen-bond acceptors (Lipinski definition) is 3. The second kappa shape index (κ2) is 6.23. The number of carbonyl (C=O) groups is 2. The van der Waals surface area contributed by atoms with E-state index in [1.165, 1.54) is 0 Å². The van der Waals surface area contributed by atoms with Gasteiger partial charge in [0.15, 0.2) is 0 Å². The number of urea groups is 1. The lowest BCUT2D eigenvalue weighted by molar-refractivity contribution is -0.138. The summed E-state index contributed by atoms with van der Waals surface area (Å²) in [5, 5.41) is 18.1. The van der Waals surface area contributed by atoms with E-state index in [0.717, 1.165) is 25.7 Å². The summed E-state index contributed by atoms with van der Waals surface area (Å²) in [6.07, 6.45) is 3.78.